The summed E-state index contributed by atoms with van der Waals surface area (Å²) in [5.74, 6) is -0.532. The van der Waals surface area contributed by atoms with Gasteiger partial charge in [0.15, 0.2) is 5.60 Å². The minimum absolute atomic E-state index is 0.480. The van der Waals surface area contributed by atoms with Crippen molar-refractivity contribution in [3.8, 4) is 0 Å². The van der Waals surface area contributed by atoms with Gasteiger partial charge in [0.25, 0.3) is 0 Å². The second kappa shape index (κ2) is 14.7. The summed E-state index contributed by atoms with van der Waals surface area (Å²) in [4.78, 5) is 11.3. The molecule has 1 unspecified atom stereocenters. The Kier molecular flexibility index (Phi) is 14.2. The molecule has 136 valence electrons. The van der Waals surface area contributed by atoms with Crippen LogP contribution in [0.1, 0.15) is 97.3 Å². The zero-order valence-electron chi connectivity index (χ0n) is 15.6. The number of ether oxygens (including phenoxy) is 1. The Morgan fingerprint density at radius 2 is 1.39 bits per heavy atom. The number of hydrogen-bond acceptors (Lipinski definition) is 3. The standard InChI is InChI=1S/C20H38O3/c1-4-5-6-7-8-9-10-11-12-13-14-15-16-17-18-20(2,22)19(21)23-3/h11-12,22H,4-10,13-18H2,1-3H3. The first kappa shape index (κ1) is 22.2. The van der Waals surface area contributed by atoms with Crippen LogP contribution in [0.15, 0.2) is 12.2 Å². The molecule has 3 nitrogen and oxygen atoms in total. The summed E-state index contributed by atoms with van der Waals surface area (Å²) < 4.78 is 4.59. The van der Waals surface area contributed by atoms with E-state index in [9.17, 15) is 9.90 Å². The molecule has 0 spiro atoms. The third kappa shape index (κ3) is 13.3. The molecule has 0 aromatic rings. The van der Waals surface area contributed by atoms with E-state index in [1.807, 2.05) is 0 Å². The molecule has 0 amide bonds. The average molecular weight is 327 g/mol. The van der Waals surface area contributed by atoms with E-state index < -0.39 is 11.6 Å². The zero-order chi connectivity index (χ0) is 17.4. The first-order chi connectivity index (χ1) is 11.0. The molecule has 0 aromatic carbocycles. The van der Waals surface area contributed by atoms with Crippen molar-refractivity contribution in [3.63, 3.8) is 0 Å². The van der Waals surface area contributed by atoms with Gasteiger partial charge in [-0.3, -0.25) is 0 Å². The summed E-state index contributed by atoms with van der Waals surface area (Å²) in [6, 6.07) is 0. The topological polar surface area (TPSA) is 46.5 Å². The number of esters is 1. The molecular weight excluding hydrogens is 288 g/mol. The van der Waals surface area contributed by atoms with E-state index in [4.69, 9.17) is 0 Å². The Hall–Kier alpha value is -0.830. The summed E-state index contributed by atoms with van der Waals surface area (Å²) in [5.41, 5.74) is -1.33. The maximum Gasteiger partial charge on any atom is 0.337 e. The fraction of sp³-hybridized carbons (Fsp3) is 0.850. The van der Waals surface area contributed by atoms with Crippen LogP contribution in [0.2, 0.25) is 0 Å². The minimum Gasteiger partial charge on any atom is -0.467 e. The predicted molar refractivity (Wildman–Crippen MR) is 97.5 cm³/mol. The SMILES string of the molecule is CCCCCCCCC=CCCCCCCC(C)(O)C(=O)OC. The van der Waals surface area contributed by atoms with Crippen LogP contribution in [-0.4, -0.2) is 23.8 Å². The molecule has 0 aromatic heterocycles. The van der Waals surface area contributed by atoms with Crippen LogP contribution in [0.3, 0.4) is 0 Å². The van der Waals surface area contributed by atoms with Crippen molar-refractivity contribution < 1.29 is 14.6 Å². The van der Waals surface area contributed by atoms with Gasteiger partial charge < -0.3 is 9.84 Å². The molecule has 1 atom stereocenters. The summed E-state index contributed by atoms with van der Waals surface area (Å²) in [6.45, 7) is 3.79. The zero-order valence-corrected chi connectivity index (χ0v) is 15.6. The summed E-state index contributed by atoms with van der Waals surface area (Å²) in [5, 5.41) is 9.89. The Morgan fingerprint density at radius 1 is 0.913 bits per heavy atom. The van der Waals surface area contributed by atoms with Gasteiger partial charge in [-0.05, 0) is 45.4 Å². The molecule has 0 aliphatic heterocycles. The van der Waals surface area contributed by atoms with E-state index in [1.165, 1.54) is 65.4 Å². The maximum atomic E-state index is 11.3. The molecule has 0 heterocycles. The van der Waals surface area contributed by atoms with Crippen LogP contribution in [0.5, 0.6) is 0 Å². The van der Waals surface area contributed by atoms with E-state index in [1.54, 1.807) is 0 Å². The molecule has 23 heavy (non-hydrogen) atoms. The van der Waals surface area contributed by atoms with Gasteiger partial charge in [0.05, 0.1) is 7.11 Å². The first-order valence-electron chi connectivity index (χ1n) is 9.50. The van der Waals surface area contributed by atoms with Crippen LogP contribution >= 0.6 is 0 Å². The summed E-state index contributed by atoms with van der Waals surface area (Å²) in [7, 11) is 1.31. The largest absolute Gasteiger partial charge is 0.467 e. The lowest BCUT2D eigenvalue weighted by Gasteiger charge is -2.19. The molecule has 0 aliphatic rings. The van der Waals surface area contributed by atoms with Crippen LogP contribution in [0, 0.1) is 0 Å². The lowest BCUT2D eigenvalue weighted by atomic mass is 9.98. The third-order valence-electron chi connectivity index (χ3n) is 4.30. The molecule has 1 N–H and O–H groups in total. The highest BCUT2D eigenvalue weighted by atomic mass is 16.5. The Morgan fingerprint density at radius 3 is 1.91 bits per heavy atom. The van der Waals surface area contributed by atoms with Crippen LogP contribution in [0.4, 0.5) is 0 Å². The molecule has 0 bridgehead atoms. The number of hydrogen-bond donors (Lipinski definition) is 1. The number of carbonyl (C=O) groups excluding carboxylic acids is 1. The molecule has 0 saturated carbocycles. The van der Waals surface area contributed by atoms with Crippen LogP contribution < -0.4 is 0 Å². The lowest BCUT2D eigenvalue weighted by Crippen LogP contribution is -2.35. The number of methoxy groups -OCH3 is 1. The molecule has 0 aliphatic carbocycles. The van der Waals surface area contributed by atoms with Gasteiger partial charge in [-0.1, -0.05) is 64.0 Å². The van der Waals surface area contributed by atoms with Crippen molar-refractivity contribution in [2.24, 2.45) is 0 Å². The minimum atomic E-state index is -1.33. The van der Waals surface area contributed by atoms with E-state index in [0.717, 1.165) is 25.7 Å². The molecular formula is C20H38O3. The molecule has 0 rings (SSSR count). The van der Waals surface area contributed by atoms with Crippen molar-refractivity contribution in [2.75, 3.05) is 7.11 Å². The van der Waals surface area contributed by atoms with Gasteiger partial charge in [0.2, 0.25) is 0 Å². The highest BCUT2D eigenvalue weighted by Crippen LogP contribution is 2.17. The quantitative estimate of drug-likeness (QED) is 0.243. The highest BCUT2D eigenvalue weighted by Gasteiger charge is 2.30. The highest BCUT2D eigenvalue weighted by molar-refractivity contribution is 5.78. The monoisotopic (exact) mass is 326 g/mol. The fourth-order valence-electron chi connectivity index (χ4n) is 2.69. The number of unbranched alkanes of at least 4 members (excludes halogenated alkanes) is 10. The molecule has 0 fully saturated rings. The van der Waals surface area contributed by atoms with Crippen molar-refractivity contribution in [1.29, 1.82) is 0 Å². The van der Waals surface area contributed by atoms with Gasteiger partial charge in [-0.25, -0.2) is 4.79 Å². The number of rotatable bonds is 15. The predicted octanol–water partition coefficient (Wildman–Crippen LogP) is 5.56. The van der Waals surface area contributed by atoms with Gasteiger partial charge in [-0.2, -0.15) is 0 Å². The number of carbonyl (C=O) groups is 1. The van der Waals surface area contributed by atoms with Gasteiger partial charge >= 0.3 is 5.97 Å². The lowest BCUT2D eigenvalue weighted by molar-refractivity contribution is -0.161. The Balaban J connectivity index is 3.36. The molecule has 0 radical (unpaired) electrons. The fourth-order valence-corrected chi connectivity index (χ4v) is 2.69. The van der Waals surface area contributed by atoms with E-state index in [2.05, 4.69) is 23.8 Å². The number of allylic oxidation sites excluding steroid dienone is 2. The smallest absolute Gasteiger partial charge is 0.337 e. The molecule has 0 saturated heterocycles. The van der Waals surface area contributed by atoms with E-state index >= 15 is 0 Å². The number of aliphatic hydroxyl groups is 1. The van der Waals surface area contributed by atoms with Gasteiger partial charge in [0, 0.05) is 0 Å². The van der Waals surface area contributed by atoms with Crippen LogP contribution in [-0.2, 0) is 9.53 Å². The third-order valence-corrected chi connectivity index (χ3v) is 4.30. The average Bonchev–Trinajstić information content (AvgIpc) is 2.54. The summed E-state index contributed by atoms with van der Waals surface area (Å²) >= 11 is 0. The maximum absolute atomic E-state index is 11.3. The van der Waals surface area contributed by atoms with Gasteiger partial charge in [0.1, 0.15) is 0 Å². The van der Waals surface area contributed by atoms with E-state index in [0.29, 0.717) is 6.42 Å². The van der Waals surface area contributed by atoms with Crippen molar-refractivity contribution in [2.45, 2.75) is 103 Å². The van der Waals surface area contributed by atoms with Crippen molar-refractivity contribution >= 4 is 5.97 Å². The van der Waals surface area contributed by atoms with Crippen LogP contribution in [0.25, 0.3) is 0 Å². The first-order valence-corrected chi connectivity index (χ1v) is 9.50. The second-order valence-electron chi connectivity index (χ2n) is 6.75. The van der Waals surface area contributed by atoms with E-state index in [-0.39, 0.29) is 0 Å². The van der Waals surface area contributed by atoms with Gasteiger partial charge in [-0.15, -0.1) is 0 Å². The van der Waals surface area contributed by atoms with Crippen molar-refractivity contribution in [3.05, 3.63) is 12.2 Å². The Bertz CT molecular complexity index is 308. The second-order valence-corrected chi connectivity index (χ2v) is 6.75. The van der Waals surface area contributed by atoms with Crippen molar-refractivity contribution in [1.82, 2.24) is 0 Å². The summed E-state index contributed by atoms with van der Waals surface area (Å²) in [6.07, 6.45) is 19.9. The molecule has 3 heteroatoms. The normalized spacial score (nSPS) is 14.1. The Labute approximate surface area is 143 Å².